The van der Waals surface area contributed by atoms with Gasteiger partial charge in [0.25, 0.3) is 0 Å². The van der Waals surface area contributed by atoms with Gasteiger partial charge in [-0.3, -0.25) is 4.98 Å². The molecule has 0 atom stereocenters. The molecule has 11 heavy (non-hydrogen) atoms. The highest BCUT2D eigenvalue weighted by atomic mass is 14.7. The summed E-state index contributed by atoms with van der Waals surface area (Å²) in [6.07, 6.45) is 1.76. The van der Waals surface area contributed by atoms with Gasteiger partial charge in [-0.1, -0.05) is 12.2 Å². The van der Waals surface area contributed by atoms with Crippen LogP contribution in [-0.2, 0) is 6.54 Å². The second kappa shape index (κ2) is 3.30. The normalized spacial score (nSPS) is 9.64. The van der Waals surface area contributed by atoms with E-state index in [9.17, 15) is 0 Å². The number of hydrogen-bond donors (Lipinski definition) is 1. The molecule has 1 rings (SSSR count). The Balaban J connectivity index is 3.01. The monoisotopic (exact) mass is 148 g/mol. The van der Waals surface area contributed by atoms with Gasteiger partial charge in [0.2, 0.25) is 0 Å². The second-order valence-electron chi connectivity index (χ2n) is 2.52. The van der Waals surface area contributed by atoms with Crippen LogP contribution in [0.1, 0.15) is 18.2 Å². The highest BCUT2D eigenvalue weighted by Crippen LogP contribution is 2.10. The van der Waals surface area contributed by atoms with Gasteiger partial charge in [0.05, 0.1) is 5.69 Å². The van der Waals surface area contributed by atoms with Crippen LogP contribution in [0.15, 0.2) is 24.9 Å². The van der Waals surface area contributed by atoms with Crippen molar-refractivity contribution >= 4 is 5.57 Å². The summed E-state index contributed by atoms with van der Waals surface area (Å²) in [5.41, 5.74) is 8.49. The van der Waals surface area contributed by atoms with E-state index < -0.39 is 0 Å². The Kier molecular flexibility index (Phi) is 2.39. The molecule has 58 valence electrons. The van der Waals surface area contributed by atoms with Gasteiger partial charge in [0.1, 0.15) is 0 Å². The Labute approximate surface area is 66.8 Å². The van der Waals surface area contributed by atoms with Crippen molar-refractivity contribution in [3.63, 3.8) is 0 Å². The van der Waals surface area contributed by atoms with Crippen molar-refractivity contribution in [1.29, 1.82) is 0 Å². The average Bonchev–Trinajstić information content (AvgIpc) is 2.05. The molecular formula is C9H12N2. The number of allylic oxidation sites excluding steroid dienone is 1. The van der Waals surface area contributed by atoms with Crippen LogP contribution in [0.5, 0.6) is 0 Å². The molecule has 1 aromatic heterocycles. The average molecular weight is 148 g/mol. The van der Waals surface area contributed by atoms with Crippen LogP contribution in [0.3, 0.4) is 0 Å². The standard InChI is InChI=1S/C9H12N2/c1-7(2)8-3-4-11-9(5-8)6-10/h3-5H,1,6,10H2,2H3. The predicted molar refractivity (Wildman–Crippen MR) is 46.8 cm³/mol. The molecule has 0 unspecified atom stereocenters. The number of rotatable bonds is 2. The van der Waals surface area contributed by atoms with Crippen LogP contribution in [0, 0.1) is 0 Å². The lowest BCUT2D eigenvalue weighted by atomic mass is 10.1. The quantitative estimate of drug-likeness (QED) is 0.691. The number of nitrogens with zero attached hydrogens (tertiary/aromatic N) is 1. The first kappa shape index (κ1) is 7.95. The van der Waals surface area contributed by atoms with Crippen molar-refractivity contribution in [2.45, 2.75) is 13.5 Å². The minimum absolute atomic E-state index is 0.487. The van der Waals surface area contributed by atoms with E-state index in [0.29, 0.717) is 6.54 Å². The summed E-state index contributed by atoms with van der Waals surface area (Å²) in [6, 6.07) is 3.89. The summed E-state index contributed by atoms with van der Waals surface area (Å²) in [4.78, 5) is 4.07. The molecule has 0 aliphatic rings. The van der Waals surface area contributed by atoms with Crippen LogP contribution >= 0.6 is 0 Å². The van der Waals surface area contributed by atoms with E-state index in [1.807, 2.05) is 19.1 Å². The lowest BCUT2D eigenvalue weighted by Gasteiger charge is -2.00. The van der Waals surface area contributed by atoms with Gasteiger partial charge < -0.3 is 5.73 Å². The smallest absolute Gasteiger partial charge is 0.0545 e. The third-order valence-electron chi connectivity index (χ3n) is 1.52. The summed E-state index contributed by atoms with van der Waals surface area (Å²) in [7, 11) is 0. The summed E-state index contributed by atoms with van der Waals surface area (Å²) in [5, 5.41) is 0. The molecule has 2 nitrogen and oxygen atoms in total. The molecule has 0 amide bonds. The molecule has 0 saturated heterocycles. The molecule has 0 spiro atoms. The zero-order valence-electron chi connectivity index (χ0n) is 6.67. The van der Waals surface area contributed by atoms with Gasteiger partial charge in [-0.2, -0.15) is 0 Å². The van der Waals surface area contributed by atoms with Crippen molar-refractivity contribution in [3.8, 4) is 0 Å². The maximum atomic E-state index is 5.43. The van der Waals surface area contributed by atoms with Gasteiger partial charge in [-0.25, -0.2) is 0 Å². The number of nitrogens with two attached hydrogens (primary N) is 1. The highest BCUT2D eigenvalue weighted by Gasteiger charge is 1.94. The Morgan fingerprint density at radius 3 is 3.00 bits per heavy atom. The fourth-order valence-corrected chi connectivity index (χ4v) is 0.855. The van der Waals surface area contributed by atoms with E-state index in [4.69, 9.17) is 5.73 Å². The molecule has 0 saturated carbocycles. The minimum atomic E-state index is 0.487. The third kappa shape index (κ3) is 1.88. The van der Waals surface area contributed by atoms with E-state index in [1.54, 1.807) is 6.20 Å². The first-order chi connectivity index (χ1) is 5.24. The fraction of sp³-hybridized carbons (Fsp3) is 0.222. The topological polar surface area (TPSA) is 38.9 Å². The van der Waals surface area contributed by atoms with E-state index in [-0.39, 0.29) is 0 Å². The highest BCUT2D eigenvalue weighted by molar-refractivity contribution is 5.60. The first-order valence-electron chi connectivity index (χ1n) is 3.55. The minimum Gasteiger partial charge on any atom is -0.325 e. The predicted octanol–water partition coefficient (Wildman–Crippen LogP) is 1.57. The lowest BCUT2D eigenvalue weighted by Crippen LogP contribution is -1.99. The van der Waals surface area contributed by atoms with Crippen molar-refractivity contribution in [2.24, 2.45) is 5.73 Å². The molecule has 0 aliphatic carbocycles. The summed E-state index contributed by atoms with van der Waals surface area (Å²) in [6.45, 7) is 6.29. The maximum Gasteiger partial charge on any atom is 0.0545 e. The zero-order chi connectivity index (χ0) is 8.27. The van der Waals surface area contributed by atoms with Gasteiger partial charge in [-0.15, -0.1) is 0 Å². The van der Waals surface area contributed by atoms with E-state index in [2.05, 4.69) is 11.6 Å². The Morgan fingerprint density at radius 1 is 1.73 bits per heavy atom. The molecule has 0 fully saturated rings. The van der Waals surface area contributed by atoms with Gasteiger partial charge in [0.15, 0.2) is 0 Å². The summed E-state index contributed by atoms with van der Waals surface area (Å²) < 4.78 is 0. The molecule has 0 aliphatic heterocycles. The largest absolute Gasteiger partial charge is 0.325 e. The number of pyridine rings is 1. The summed E-state index contributed by atoms with van der Waals surface area (Å²) in [5.74, 6) is 0. The maximum absolute atomic E-state index is 5.43. The molecule has 2 N–H and O–H groups in total. The molecule has 1 aromatic rings. The van der Waals surface area contributed by atoms with Crippen LogP contribution in [0.25, 0.3) is 5.57 Å². The Bertz CT molecular complexity index is 266. The Hall–Kier alpha value is -1.15. The van der Waals surface area contributed by atoms with Crippen molar-refractivity contribution in [2.75, 3.05) is 0 Å². The van der Waals surface area contributed by atoms with Crippen LogP contribution in [-0.4, -0.2) is 4.98 Å². The van der Waals surface area contributed by atoms with Gasteiger partial charge in [-0.05, 0) is 24.6 Å². The van der Waals surface area contributed by atoms with Crippen molar-refractivity contribution in [3.05, 3.63) is 36.2 Å². The molecule has 0 radical (unpaired) electrons. The Morgan fingerprint density at radius 2 is 2.45 bits per heavy atom. The van der Waals surface area contributed by atoms with Crippen molar-refractivity contribution in [1.82, 2.24) is 4.98 Å². The van der Waals surface area contributed by atoms with Crippen LogP contribution in [0.4, 0.5) is 0 Å². The summed E-state index contributed by atoms with van der Waals surface area (Å²) >= 11 is 0. The van der Waals surface area contributed by atoms with Gasteiger partial charge in [0, 0.05) is 12.7 Å². The number of hydrogen-bond acceptors (Lipinski definition) is 2. The van der Waals surface area contributed by atoms with E-state index in [0.717, 1.165) is 16.8 Å². The molecule has 0 aromatic carbocycles. The van der Waals surface area contributed by atoms with Crippen LogP contribution in [0.2, 0.25) is 0 Å². The molecule has 0 bridgehead atoms. The van der Waals surface area contributed by atoms with Crippen LogP contribution < -0.4 is 5.73 Å². The first-order valence-corrected chi connectivity index (χ1v) is 3.55. The zero-order valence-corrected chi connectivity index (χ0v) is 6.67. The number of aromatic nitrogens is 1. The third-order valence-corrected chi connectivity index (χ3v) is 1.52. The lowest BCUT2D eigenvalue weighted by molar-refractivity contribution is 0.988. The van der Waals surface area contributed by atoms with Gasteiger partial charge >= 0.3 is 0 Å². The fourth-order valence-electron chi connectivity index (χ4n) is 0.855. The SMILES string of the molecule is C=C(C)c1ccnc(CN)c1. The van der Waals surface area contributed by atoms with E-state index in [1.165, 1.54) is 0 Å². The molecule has 2 heteroatoms. The van der Waals surface area contributed by atoms with E-state index >= 15 is 0 Å². The van der Waals surface area contributed by atoms with Crippen molar-refractivity contribution < 1.29 is 0 Å². The molecular weight excluding hydrogens is 136 g/mol. The molecule has 1 heterocycles. The second-order valence-corrected chi connectivity index (χ2v) is 2.52.